The van der Waals surface area contributed by atoms with Gasteiger partial charge in [0.25, 0.3) is 0 Å². The maximum absolute atomic E-state index is 12.3. The lowest BCUT2D eigenvalue weighted by Crippen LogP contribution is -2.49. The van der Waals surface area contributed by atoms with E-state index in [9.17, 15) is 13.2 Å². The van der Waals surface area contributed by atoms with E-state index in [4.69, 9.17) is 4.74 Å². The molecule has 0 heterocycles. The van der Waals surface area contributed by atoms with Crippen LogP contribution in [-0.2, 0) is 14.6 Å². The molecule has 1 rings (SSSR count). The van der Waals surface area contributed by atoms with Gasteiger partial charge in [0.2, 0.25) is 0 Å². The van der Waals surface area contributed by atoms with Crippen LogP contribution in [0, 0.1) is 0 Å². The van der Waals surface area contributed by atoms with E-state index in [0.717, 1.165) is 0 Å². The van der Waals surface area contributed by atoms with Gasteiger partial charge in [-0.2, -0.15) is 0 Å². The molecule has 8 nitrogen and oxygen atoms in total. The highest BCUT2D eigenvalue weighted by Crippen LogP contribution is 2.11. The summed E-state index contributed by atoms with van der Waals surface area (Å²) in [6, 6.07) is 8.43. The Morgan fingerprint density at radius 1 is 1.07 bits per heavy atom. The minimum absolute atomic E-state index is 0.0507. The zero-order chi connectivity index (χ0) is 22.8. The zero-order valence-electron chi connectivity index (χ0n) is 18.9. The molecule has 0 atom stereocenters. The fraction of sp³-hybridized carbons (Fsp3) is 0.619. The third-order valence-electron chi connectivity index (χ3n) is 3.80. The van der Waals surface area contributed by atoms with Crippen LogP contribution in [-0.4, -0.2) is 57.0 Å². The van der Waals surface area contributed by atoms with Gasteiger partial charge in [-0.15, -0.1) is 0 Å². The minimum Gasteiger partial charge on any atom is -0.444 e. The topological polar surface area (TPSA) is 109 Å². The minimum atomic E-state index is -3.30. The van der Waals surface area contributed by atoms with E-state index in [2.05, 4.69) is 20.9 Å². The molecule has 0 fully saturated rings. The Morgan fingerprint density at radius 3 is 2.27 bits per heavy atom. The van der Waals surface area contributed by atoms with Gasteiger partial charge in [-0.3, -0.25) is 4.99 Å². The Morgan fingerprint density at radius 2 is 1.70 bits per heavy atom. The third kappa shape index (κ3) is 10.5. The number of ether oxygens (including phenoxy) is 1. The summed E-state index contributed by atoms with van der Waals surface area (Å²) in [6.45, 7) is 12.5. The van der Waals surface area contributed by atoms with Crippen molar-refractivity contribution in [2.75, 3.05) is 25.4 Å². The van der Waals surface area contributed by atoms with Crippen molar-refractivity contribution in [3.8, 4) is 0 Å². The van der Waals surface area contributed by atoms with Gasteiger partial charge in [0.1, 0.15) is 5.60 Å². The van der Waals surface area contributed by atoms with Crippen LogP contribution in [0.15, 0.2) is 40.2 Å². The monoisotopic (exact) mass is 440 g/mol. The summed E-state index contributed by atoms with van der Waals surface area (Å²) in [7, 11) is -3.30. The van der Waals surface area contributed by atoms with Gasteiger partial charge in [-0.25, -0.2) is 13.2 Å². The molecule has 0 aliphatic rings. The van der Waals surface area contributed by atoms with Gasteiger partial charge in [0, 0.05) is 13.1 Å². The van der Waals surface area contributed by atoms with Gasteiger partial charge in [0.05, 0.1) is 22.7 Å². The van der Waals surface area contributed by atoms with Gasteiger partial charge in [0.15, 0.2) is 15.8 Å². The maximum Gasteiger partial charge on any atom is 0.408 e. The molecule has 9 heteroatoms. The standard InChI is InChI=1S/C21H36N4O4S/c1-7-22-18(24-16-21(5,6)25-19(26)29-20(2,3)4)23-14-11-15-30(27,28)17-12-9-8-10-13-17/h8-10,12-13H,7,11,14-16H2,1-6H3,(H,25,26)(H2,22,23,24). The first kappa shape index (κ1) is 25.7. The number of guanidine groups is 1. The second-order valence-corrected chi connectivity index (χ2v) is 10.7. The number of carbonyl (C=O) groups is 1. The number of carbonyl (C=O) groups excluding carboxylic acids is 1. The van der Waals surface area contributed by atoms with E-state index < -0.39 is 27.1 Å². The second kappa shape index (κ2) is 11.2. The molecular formula is C21H36N4O4S. The number of sulfone groups is 1. The first-order valence-corrected chi connectivity index (χ1v) is 11.8. The molecule has 0 bridgehead atoms. The predicted molar refractivity (Wildman–Crippen MR) is 121 cm³/mol. The molecule has 0 saturated heterocycles. The molecule has 0 aromatic heterocycles. The average molecular weight is 441 g/mol. The smallest absolute Gasteiger partial charge is 0.408 e. The number of aliphatic imine (C=N–C) groups is 1. The van der Waals surface area contributed by atoms with Crippen LogP contribution in [0.25, 0.3) is 0 Å². The number of hydrogen-bond donors (Lipinski definition) is 3. The Bertz CT molecular complexity index is 800. The number of hydrogen-bond acceptors (Lipinski definition) is 5. The number of nitrogens with zero attached hydrogens (tertiary/aromatic N) is 1. The van der Waals surface area contributed by atoms with Gasteiger partial charge < -0.3 is 20.7 Å². The first-order chi connectivity index (χ1) is 13.8. The van der Waals surface area contributed by atoms with E-state index in [1.54, 1.807) is 30.3 Å². The van der Waals surface area contributed by atoms with Crippen molar-refractivity contribution in [3.05, 3.63) is 30.3 Å². The molecule has 3 N–H and O–H groups in total. The SMILES string of the molecule is CCNC(=NCC(C)(C)NC(=O)OC(C)(C)C)NCCCS(=O)(=O)c1ccccc1. The van der Waals surface area contributed by atoms with Crippen molar-refractivity contribution >= 4 is 21.9 Å². The Labute approximate surface area is 180 Å². The molecule has 0 saturated carbocycles. The molecule has 0 aliphatic heterocycles. The Hall–Kier alpha value is -2.29. The molecule has 0 radical (unpaired) electrons. The van der Waals surface area contributed by atoms with E-state index in [-0.39, 0.29) is 5.75 Å². The number of nitrogens with one attached hydrogen (secondary N) is 3. The Kier molecular flexibility index (Phi) is 9.61. The van der Waals surface area contributed by atoms with Crippen LogP contribution in [0.2, 0.25) is 0 Å². The van der Waals surface area contributed by atoms with E-state index >= 15 is 0 Å². The zero-order valence-corrected chi connectivity index (χ0v) is 19.7. The summed E-state index contributed by atoms with van der Waals surface area (Å²) < 4.78 is 30.0. The molecule has 1 amide bonds. The maximum atomic E-state index is 12.3. The average Bonchev–Trinajstić information content (AvgIpc) is 2.61. The van der Waals surface area contributed by atoms with Crippen LogP contribution in [0.4, 0.5) is 4.79 Å². The summed E-state index contributed by atoms with van der Waals surface area (Å²) in [5, 5.41) is 9.07. The Balaban J connectivity index is 2.56. The fourth-order valence-corrected chi connectivity index (χ4v) is 3.78. The quantitative estimate of drug-likeness (QED) is 0.309. The molecule has 0 unspecified atom stereocenters. The highest BCUT2D eigenvalue weighted by molar-refractivity contribution is 7.91. The summed E-state index contributed by atoms with van der Waals surface area (Å²) >= 11 is 0. The van der Waals surface area contributed by atoms with Crippen LogP contribution in [0.1, 0.15) is 48.0 Å². The molecule has 1 aromatic carbocycles. The van der Waals surface area contributed by atoms with Crippen molar-refractivity contribution in [1.82, 2.24) is 16.0 Å². The number of alkyl carbamates (subject to hydrolysis) is 1. The number of benzene rings is 1. The van der Waals surface area contributed by atoms with E-state index in [1.165, 1.54) is 0 Å². The largest absolute Gasteiger partial charge is 0.444 e. The molecule has 0 aliphatic carbocycles. The number of amides is 1. The normalized spacial score (nSPS) is 12.9. The summed E-state index contributed by atoms with van der Waals surface area (Å²) in [5.74, 6) is 0.614. The van der Waals surface area contributed by atoms with Crippen molar-refractivity contribution in [1.29, 1.82) is 0 Å². The summed E-state index contributed by atoms with van der Waals surface area (Å²) in [6.07, 6.45) is -0.0481. The highest BCUT2D eigenvalue weighted by Gasteiger charge is 2.24. The van der Waals surface area contributed by atoms with Gasteiger partial charge >= 0.3 is 6.09 Å². The van der Waals surface area contributed by atoms with E-state index in [1.807, 2.05) is 41.5 Å². The van der Waals surface area contributed by atoms with Crippen molar-refractivity contribution < 1.29 is 17.9 Å². The third-order valence-corrected chi connectivity index (χ3v) is 5.62. The van der Waals surface area contributed by atoms with Crippen molar-refractivity contribution in [2.24, 2.45) is 4.99 Å². The van der Waals surface area contributed by atoms with Crippen LogP contribution >= 0.6 is 0 Å². The molecule has 30 heavy (non-hydrogen) atoms. The molecular weight excluding hydrogens is 404 g/mol. The predicted octanol–water partition coefficient (Wildman–Crippen LogP) is 2.71. The second-order valence-electron chi connectivity index (χ2n) is 8.62. The van der Waals surface area contributed by atoms with Gasteiger partial charge in [-0.05, 0) is 60.1 Å². The molecule has 0 spiro atoms. The van der Waals surface area contributed by atoms with Gasteiger partial charge in [-0.1, -0.05) is 18.2 Å². The van der Waals surface area contributed by atoms with Crippen LogP contribution in [0.3, 0.4) is 0 Å². The summed E-state index contributed by atoms with van der Waals surface area (Å²) in [4.78, 5) is 16.8. The summed E-state index contributed by atoms with van der Waals surface area (Å²) in [5.41, 5.74) is -1.18. The molecule has 170 valence electrons. The number of rotatable bonds is 9. The highest BCUT2D eigenvalue weighted by atomic mass is 32.2. The first-order valence-electron chi connectivity index (χ1n) is 10.2. The van der Waals surface area contributed by atoms with Crippen molar-refractivity contribution in [2.45, 2.75) is 64.0 Å². The lowest BCUT2D eigenvalue weighted by molar-refractivity contribution is 0.0476. The van der Waals surface area contributed by atoms with Crippen molar-refractivity contribution in [3.63, 3.8) is 0 Å². The lowest BCUT2D eigenvalue weighted by atomic mass is 10.1. The molecule has 1 aromatic rings. The van der Waals surface area contributed by atoms with Crippen LogP contribution in [0.5, 0.6) is 0 Å². The van der Waals surface area contributed by atoms with Crippen LogP contribution < -0.4 is 16.0 Å². The van der Waals surface area contributed by atoms with E-state index in [0.29, 0.717) is 36.9 Å². The lowest BCUT2D eigenvalue weighted by Gasteiger charge is -2.27. The fourth-order valence-electron chi connectivity index (χ4n) is 2.45.